The first kappa shape index (κ1) is 9.50. The number of nitrogens with zero attached hydrogens (tertiary/aromatic N) is 2. The fraction of sp³-hybridized carbons (Fsp3) is 0.889. The van der Waals surface area contributed by atoms with Crippen molar-refractivity contribution in [3.63, 3.8) is 0 Å². The predicted molar refractivity (Wildman–Crippen MR) is 48.4 cm³/mol. The second kappa shape index (κ2) is 3.88. The lowest BCUT2D eigenvalue weighted by Crippen LogP contribution is -2.43. The van der Waals surface area contributed by atoms with Gasteiger partial charge in [0.2, 0.25) is 0 Å². The second-order valence-electron chi connectivity index (χ2n) is 3.61. The molecule has 1 aliphatic rings. The third kappa shape index (κ3) is 1.96. The molecule has 68 valence electrons. The fourth-order valence-corrected chi connectivity index (χ4v) is 1.55. The van der Waals surface area contributed by atoms with Crippen molar-refractivity contribution in [2.75, 3.05) is 13.6 Å². The van der Waals surface area contributed by atoms with E-state index in [9.17, 15) is 0 Å². The molecule has 0 aromatic heterocycles. The average molecular weight is 167 g/mol. The summed E-state index contributed by atoms with van der Waals surface area (Å²) in [7, 11) is 1.99. The topological polar surface area (TPSA) is 53.0 Å². The van der Waals surface area contributed by atoms with Gasteiger partial charge in [-0.2, -0.15) is 5.26 Å². The molecule has 0 saturated heterocycles. The van der Waals surface area contributed by atoms with Crippen molar-refractivity contribution in [1.29, 1.82) is 5.26 Å². The van der Waals surface area contributed by atoms with Crippen molar-refractivity contribution in [3.05, 3.63) is 0 Å². The van der Waals surface area contributed by atoms with Gasteiger partial charge in [-0.15, -0.1) is 0 Å². The average Bonchev–Trinajstić information content (AvgIpc) is 2.88. The Morgan fingerprint density at radius 2 is 2.25 bits per heavy atom. The largest absolute Gasteiger partial charge is 0.329 e. The van der Waals surface area contributed by atoms with Gasteiger partial charge in [-0.1, -0.05) is 0 Å². The van der Waals surface area contributed by atoms with E-state index in [0.29, 0.717) is 12.6 Å². The molecule has 1 saturated carbocycles. The summed E-state index contributed by atoms with van der Waals surface area (Å²) in [4.78, 5) is 2.09. The van der Waals surface area contributed by atoms with E-state index < -0.39 is 0 Å². The molecule has 0 aliphatic heterocycles. The molecule has 0 aromatic carbocycles. The Hall–Kier alpha value is -0.590. The SMILES string of the molecule is CC(C#N)N(C)C(CN)C1CC1. The van der Waals surface area contributed by atoms with E-state index in [1.165, 1.54) is 12.8 Å². The van der Waals surface area contributed by atoms with Gasteiger partial charge in [0.1, 0.15) is 0 Å². The number of likely N-dealkylation sites (N-methyl/N-ethyl adjacent to an activating group) is 1. The Kier molecular flexibility index (Phi) is 3.07. The summed E-state index contributed by atoms with van der Waals surface area (Å²) in [6.07, 6.45) is 2.56. The van der Waals surface area contributed by atoms with Crippen LogP contribution in [0.15, 0.2) is 0 Å². The van der Waals surface area contributed by atoms with E-state index in [-0.39, 0.29) is 6.04 Å². The second-order valence-corrected chi connectivity index (χ2v) is 3.61. The molecule has 0 radical (unpaired) electrons. The van der Waals surface area contributed by atoms with Crippen molar-refractivity contribution in [2.45, 2.75) is 31.8 Å². The molecule has 3 heteroatoms. The van der Waals surface area contributed by atoms with E-state index in [0.717, 1.165) is 5.92 Å². The first-order chi connectivity index (χ1) is 5.70. The molecule has 0 bridgehead atoms. The van der Waals surface area contributed by atoms with Crippen LogP contribution in [0.25, 0.3) is 0 Å². The molecule has 0 aromatic rings. The van der Waals surface area contributed by atoms with E-state index in [1.54, 1.807) is 0 Å². The zero-order valence-electron chi connectivity index (χ0n) is 7.83. The van der Waals surface area contributed by atoms with Crippen LogP contribution < -0.4 is 5.73 Å². The minimum absolute atomic E-state index is 0.0147. The molecule has 0 amide bonds. The fourth-order valence-electron chi connectivity index (χ4n) is 1.55. The normalized spacial score (nSPS) is 21.9. The summed E-state index contributed by atoms with van der Waals surface area (Å²) in [6, 6.07) is 2.63. The number of nitrogens with two attached hydrogens (primary N) is 1. The summed E-state index contributed by atoms with van der Waals surface area (Å²) >= 11 is 0. The lowest BCUT2D eigenvalue weighted by atomic mass is 10.1. The predicted octanol–water partition coefficient (Wildman–Crippen LogP) is 0.568. The minimum atomic E-state index is -0.0147. The minimum Gasteiger partial charge on any atom is -0.329 e. The van der Waals surface area contributed by atoms with Crippen molar-refractivity contribution in [2.24, 2.45) is 11.7 Å². The number of nitriles is 1. The van der Waals surface area contributed by atoms with Gasteiger partial charge in [-0.25, -0.2) is 0 Å². The first-order valence-corrected chi connectivity index (χ1v) is 4.52. The van der Waals surface area contributed by atoms with Crippen LogP contribution in [-0.4, -0.2) is 30.6 Å². The molecule has 0 heterocycles. The summed E-state index contributed by atoms with van der Waals surface area (Å²) in [6.45, 7) is 2.60. The number of rotatable bonds is 4. The van der Waals surface area contributed by atoms with E-state index in [4.69, 9.17) is 11.0 Å². The van der Waals surface area contributed by atoms with Crippen LogP contribution >= 0.6 is 0 Å². The molecule has 2 unspecified atom stereocenters. The smallest absolute Gasteiger partial charge is 0.0949 e. The quantitative estimate of drug-likeness (QED) is 0.666. The Bertz CT molecular complexity index is 181. The van der Waals surface area contributed by atoms with Crippen LogP contribution in [0.3, 0.4) is 0 Å². The molecule has 1 fully saturated rings. The zero-order chi connectivity index (χ0) is 9.14. The van der Waals surface area contributed by atoms with Crippen molar-refractivity contribution >= 4 is 0 Å². The lowest BCUT2D eigenvalue weighted by Gasteiger charge is -2.28. The third-order valence-corrected chi connectivity index (χ3v) is 2.73. The maximum Gasteiger partial charge on any atom is 0.0949 e. The molecule has 0 spiro atoms. The van der Waals surface area contributed by atoms with Gasteiger partial charge in [-0.05, 0) is 32.7 Å². The van der Waals surface area contributed by atoms with E-state index in [1.807, 2.05) is 14.0 Å². The highest BCUT2D eigenvalue weighted by Gasteiger charge is 2.34. The van der Waals surface area contributed by atoms with Gasteiger partial charge in [0.05, 0.1) is 12.1 Å². The standard InChI is InChI=1S/C9H17N3/c1-7(5-10)12(2)9(6-11)8-3-4-8/h7-9H,3-4,6,11H2,1-2H3. The van der Waals surface area contributed by atoms with Crippen molar-refractivity contribution < 1.29 is 0 Å². The van der Waals surface area contributed by atoms with Crippen LogP contribution in [0, 0.1) is 17.2 Å². The summed E-state index contributed by atoms with van der Waals surface area (Å²) in [5, 5.41) is 8.72. The number of hydrogen-bond donors (Lipinski definition) is 1. The molecule has 1 aliphatic carbocycles. The maximum atomic E-state index is 8.72. The molecular weight excluding hydrogens is 150 g/mol. The Labute approximate surface area is 74.1 Å². The van der Waals surface area contributed by atoms with Gasteiger partial charge in [-0.3, -0.25) is 4.90 Å². The highest BCUT2D eigenvalue weighted by Crippen LogP contribution is 2.34. The summed E-state index contributed by atoms with van der Waals surface area (Å²) in [5.74, 6) is 0.746. The van der Waals surface area contributed by atoms with E-state index >= 15 is 0 Å². The lowest BCUT2D eigenvalue weighted by molar-refractivity contribution is 0.200. The van der Waals surface area contributed by atoms with Gasteiger partial charge in [0.15, 0.2) is 0 Å². The van der Waals surface area contributed by atoms with Crippen LogP contribution in [0.5, 0.6) is 0 Å². The Morgan fingerprint density at radius 3 is 2.58 bits per heavy atom. The highest BCUT2D eigenvalue weighted by molar-refractivity contribution is 4.95. The van der Waals surface area contributed by atoms with Gasteiger partial charge in [0, 0.05) is 12.6 Å². The van der Waals surface area contributed by atoms with E-state index in [2.05, 4.69) is 11.0 Å². The van der Waals surface area contributed by atoms with Gasteiger partial charge < -0.3 is 5.73 Å². The van der Waals surface area contributed by atoms with Crippen molar-refractivity contribution in [1.82, 2.24) is 4.90 Å². The third-order valence-electron chi connectivity index (χ3n) is 2.73. The summed E-state index contributed by atoms with van der Waals surface area (Å²) in [5.41, 5.74) is 5.66. The van der Waals surface area contributed by atoms with Crippen LogP contribution in [0.2, 0.25) is 0 Å². The number of hydrogen-bond acceptors (Lipinski definition) is 3. The van der Waals surface area contributed by atoms with Crippen LogP contribution in [-0.2, 0) is 0 Å². The summed E-state index contributed by atoms with van der Waals surface area (Å²) < 4.78 is 0. The molecule has 1 rings (SSSR count). The van der Waals surface area contributed by atoms with Crippen LogP contribution in [0.1, 0.15) is 19.8 Å². The first-order valence-electron chi connectivity index (χ1n) is 4.52. The van der Waals surface area contributed by atoms with Crippen LogP contribution in [0.4, 0.5) is 0 Å². The molecule has 12 heavy (non-hydrogen) atoms. The molecular formula is C9H17N3. The maximum absolute atomic E-state index is 8.72. The molecule has 2 atom stereocenters. The monoisotopic (exact) mass is 167 g/mol. The van der Waals surface area contributed by atoms with Gasteiger partial charge in [0.25, 0.3) is 0 Å². The Balaban J connectivity index is 2.47. The zero-order valence-corrected chi connectivity index (χ0v) is 7.83. The van der Waals surface area contributed by atoms with Gasteiger partial charge >= 0.3 is 0 Å². The van der Waals surface area contributed by atoms with Crippen molar-refractivity contribution in [3.8, 4) is 6.07 Å². The highest BCUT2D eigenvalue weighted by atomic mass is 15.2. The molecule has 3 nitrogen and oxygen atoms in total. The molecule has 2 N–H and O–H groups in total. The Morgan fingerprint density at radius 1 is 1.67 bits per heavy atom.